The molecule has 2 fully saturated rings. The van der Waals surface area contributed by atoms with E-state index < -0.39 is 15.8 Å². The number of nitrogens with one attached hydrogen (secondary N) is 1. The van der Waals surface area contributed by atoms with Crippen molar-refractivity contribution in [1.82, 2.24) is 4.72 Å². The van der Waals surface area contributed by atoms with Gasteiger partial charge in [0.25, 0.3) is 0 Å². The van der Waals surface area contributed by atoms with Crippen LogP contribution in [0.5, 0.6) is 0 Å². The van der Waals surface area contributed by atoms with E-state index in [-0.39, 0.29) is 10.9 Å². The molecule has 1 N–H and O–H groups in total. The minimum Gasteiger partial charge on any atom is -0.208 e. The second kappa shape index (κ2) is 5.36. The van der Waals surface area contributed by atoms with Gasteiger partial charge in [0.2, 0.25) is 10.0 Å². The first-order valence-corrected chi connectivity index (χ1v) is 9.13. The molecule has 0 aromatic heterocycles. The monoisotopic (exact) mass is 311 g/mol. The van der Waals surface area contributed by atoms with Crippen molar-refractivity contribution < 1.29 is 12.8 Å². The van der Waals surface area contributed by atoms with Crippen LogP contribution in [0, 0.1) is 30.5 Å². The molecule has 0 unspecified atom stereocenters. The summed E-state index contributed by atoms with van der Waals surface area (Å²) < 4.78 is 40.9. The molecule has 2 bridgehead atoms. The van der Waals surface area contributed by atoms with Crippen molar-refractivity contribution in [2.24, 2.45) is 17.8 Å². The first-order valence-electron chi connectivity index (χ1n) is 7.65. The van der Waals surface area contributed by atoms with E-state index in [1.807, 2.05) is 6.92 Å². The van der Waals surface area contributed by atoms with Crippen LogP contribution in [0.1, 0.15) is 38.2 Å². The fourth-order valence-electron chi connectivity index (χ4n) is 4.22. The Hall–Kier alpha value is -0.940. The highest BCUT2D eigenvalue weighted by molar-refractivity contribution is 7.89. The summed E-state index contributed by atoms with van der Waals surface area (Å²) in [5, 5.41) is 0. The lowest BCUT2D eigenvalue weighted by Crippen LogP contribution is -2.40. The Morgan fingerprint density at radius 2 is 2.05 bits per heavy atom. The van der Waals surface area contributed by atoms with Gasteiger partial charge >= 0.3 is 0 Å². The first kappa shape index (κ1) is 15.0. The van der Waals surface area contributed by atoms with Crippen LogP contribution >= 0.6 is 0 Å². The Balaban J connectivity index is 1.76. The highest BCUT2D eigenvalue weighted by Crippen LogP contribution is 2.49. The summed E-state index contributed by atoms with van der Waals surface area (Å²) in [6.07, 6.45) is 4.93. The maximum atomic E-state index is 13.1. The molecule has 1 aromatic rings. The molecule has 2 aliphatic rings. The zero-order chi connectivity index (χ0) is 15.2. The van der Waals surface area contributed by atoms with Crippen molar-refractivity contribution in [3.63, 3.8) is 0 Å². The van der Waals surface area contributed by atoms with Crippen molar-refractivity contribution in [2.45, 2.75) is 50.5 Å². The van der Waals surface area contributed by atoms with E-state index in [0.29, 0.717) is 17.4 Å². The third kappa shape index (κ3) is 2.86. The average Bonchev–Trinajstić information content (AvgIpc) is 2.99. The number of hydrogen-bond donors (Lipinski definition) is 1. The smallest absolute Gasteiger partial charge is 0.208 e. The Morgan fingerprint density at radius 3 is 2.62 bits per heavy atom. The fourth-order valence-corrected chi connectivity index (χ4v) is 5.74. The molecule has 0 spiro atoms. The SMILES string of the molecule is Cc1cc(F)ccc1S(=O)(=O)N[C@H](C)[C@@H]1C[C@H]2CC[C@H]1C2. The van der Waals surface area contributed by atoms with Crippen LogP contribution in [0.3, 0.4) is 0 Å². The van der Waals surface area contributed by atoms with Gasteiger partial charge in [0.1, 0.15) is 5.82 Å². The third-order valence-electron chi connectivity index (χ3n) is 5.20. The summed E-state index contributed by atoms with van der Waals surface area (Å²) in [4.78, 5) is 0.180. The van der Waals surface area contributed by atoms with E-state index in [1.54, 1.807) is 6.92 Å². The fraction of sp³-hybridized carbons (Fsp3) is 0.625. The molecule has 0 radical (unpaired) electrons. The van der Waals surface area contributed by atoms with Crippen LogP contribution in [-0.2, 0) is 10.0 Å². The van der Waals surface area contributed by atoms with Crippen molar-refractivity contribution in [2.75, 3.05) is 0 Å². The Morgan fingerprint density at radius 1 is 1.29 bits per heavy atom. The Bertz CT molecular complexity index is 644. The van der Waals surface area contributed by atoms with Crippen LogP contribution in [0.2, 0.25) is 0 Å². The maximum absolute atomic E-state index is 13.1. The van der Waals surface area contributed by atoms with Crippen molar-refractivity contribution in [1.29, 1.82) is 0 Å². The van der Waals surface area contributed by atoms with Gasteiger partial charge in [-0.05, 0) is 74.6 Å². The minimum atomic E-state index is -3.58. The summed E-state index contributed by atoms with van der Waals surface area (Å²) in [5.41, 5.74) is 0.447. The summed E-state index contributed by atoms with van der Waals surface area (Å²) in [7, 11) is -3.58. The van der Waals surface area contributed by atoms with E-state index in [4.69, 9.17) is 0 Å². The molecule has 3 nitrogen and oxygen atoms in total. The number of benzene rings is 1. The number of fused-ring (bicyclic) bond motifs is 2. The van der Waals surface area contributed by atoms with Gasteiger partial charge in [-0.3, -0.25) is 0 Å². The molecule has 3 rings (SSSR count). The van der Waals surface area contributed by atoms with Gasteiger partial charge in [0.05, 0.1) is 4.90 Å². The van der Waals surface area contributed by atoms with Crippen LogP contribution in [-0.4, -0.2) is 14.5 Å². The van der Waals surface area contributed by atoms with Crippen molar-refractivity contribution in [3.8, 4) is 0 Å². The Labute approximate surface area is 126 Å². The minimum absolute atomic E-state index is 0.0604. The molecule has 1 aromatic carbocycles. The lowest BCUT2D eigenvalue weighted by molar-refractivity contribution is 0.280. The molecule has 116 valence electrons. The number of sulfonamides is 1. The van der Waals surface area contributed by atoms with Gasteiger partial charge in [-0.1, -0.05) is 6.42 Å². The lowest BCUT2D eigenvalue weighted by Gasteiger charge is -2.28. The van der Waals surface area contributed by atoms with Gasteiger partial charge in [-0.2, -0.15) is 0 Å². The van der Waals surface area contributed by atoms with E-state index in [9.17, 15) is 12.8 Å². The molecule has 2 saturated carbocycles. The number of halogens is 1. The second-order valence-electron chi connectivity index (χ2n) is 6.66. The van der Waals surface area contributed by atoms with Crippen LogP contribution < -0.4 is 4.72 Å². The van der Waals surface area contributed by atoms with Crippen LogP contribution in [0.15, 0.2) is 23.1 Å². The number of rotatable bonds is 4. The summed E-state index contributed by atoms with van der Waals surface area (Å²) in [6.45, 7) is 3.58. The highest BCUT2D eigenvalue weighted by Gasteiger charge is 2.42. The lowest BCUT2D eigenvalue weighted by atomic mass is 9.84. The van der Waals surface area contributed by atoms with Gasteiger partial charge in [0.15, 0.2) is 0 Å². The molecule has 0 aliphatic heterocycles. The zero-order valence-corrected chi connectivity index (χ0v) is 13.3. The van der Waals surface area contributed by atoms with E-state index in [1.165, 1.54) is 37.5 Å². The number of hydrogen-bond acceptors (Lipinski definition) is 2. The molecule has 0 heterocycles. The van der Waals surface area contributed by atoms with Crippen LogP contribution in [0.25, 0.3) is 0 Å². The van der Waals surface area contributed by atoms with Crippen molar-refractivity contribution in [3.05, 3.63) is 29.6 Å². The zero-order valence-electron chi connectivity index (χ0n) is 12.5. The predicted octanol–water partition coefficient (Wildman–Crippen LogP) is 3.24. The molecule has 4 atom stereocenters. The highest BCUT2D eigenvalue weighted by atomic mass is 32.2. The normalized spacial score (nSPS) is 29.8. The summed E-state index contributed by atoms with van der Waals surface area (Å²) in [5.74, 6) is 1.49. The predicted molar refractivity (Wildman–Crippen MR) is 79.9 cm³/mol. The Kier molecular flexibility index (Phi) is 3.82. The quantitative estimate of drug-likeness (QED) is 0.928. The van der Waals surface area contributed by atoms with Gasteiger partial charge < -0.3 is 0 Å². The second-order valence-corrected chi connectivity index (χ2v) is 8.34. The molecule has 0 amide bonds. The van der Waals surface area contributed by atoms with E-state index in [2.05, 4.69) is 4.72 Å². The standard InChI is InChI=1S/C16H22FNO2S/c1-10-7-14(17)5-6-16(10)21(19,20)18-11(2)15-9-12-3-4-13(15)8-12/h5-7,11-13,15,18H,3-4,8-9H2,1-2H3/t11-,12+,13+,15+/m1/s1. The van der Waals surface area contributed by atoms with E-state index >= 15 is 0 Å². The molecular weight excluding hydrogens is 289 g/mol. The number of aryl methyl sites for hydroxylation is 1. The molecule has 0 saturated heterocycles. The molecule has 2 aliphatic carbocycles. The van der Waals surface area contributed by atoms with Crippen LogP contribution in [0.4, 0.5) is 4.39 Å². The summed E-state index contributed by atoms with van der Waals surface area (Å²) in [6, 6.07) is 3.75. The third-order valence-corrected chi connectivity index (χ3v) is 6.92. The topological polar surface area (TPSA) is 46.2 Å². The molecule has 21 heavy (non-hydrogen) atoms. The molecular formula is C16H22FNO2S. The molecule has 5 heteroatoms. The maximum Gasteiger partial charge on any atom is 0.241 e. The summed E-state index contributed by atoms with van der Waals surface area (Å²) >= 11 is 0. The van der Waals surface area contributed by atoms with Crippen molar-refractivity contribution >= 4 is 10.0 Å². The van der Waals surface area contributed by atoms with Gasteiger partial charge in [-0.15, -0.1) is 0 Å². The van der Waals surface area contributed by atoms with E-state index in [0.717, 1.165) is 12.3 Å². The van der Waals surface area contributed by atoms with Gasteiger partial charge in [0, 0.05) is 6.04 Å². The first-order chi connectivity index (χ1) is 9.87. The van der Waals surface area contributed by atoms with Gasteiger partial charge in [-0.25, -0.2) is 17.5 Å². The largest absolute Gasteiger partial charge is 0.241 e. The average molecular weight is 311 g/mol.